The molecule has 0 spiro atoms. The lowest BCUT2D eigenvalue weighted by atomic mass is 10.0. The van der Waals surface area contributed by atoms with Crippen molar-refractivity contribution in [3.63, 3.8) is 0 Å². The lowest BCUT2D eigenvalue weighted by Crippen LogP contribution is -2.50. The number of alkyl carbamates (subject to hydrolysis) is 1. The fourth-order valence-corrected chi connectivity index (χ4v) is 3.33. The van der Waals surface area contributed by atoms with E-state index in [1.165, 1.54) is 6.07 Å². The number of likely N-dealkylation sites (tertiary alicyclic amines) is 1. The molecule has 1 heterocycles. The Morgan fingerprint density at radius 3 is 2.72 bits per heavy atom. The van der Waals surface area contributed by atoms with E-state index in [0.29, 0.717) is 13.1 Å². The number of piperidine rings is 1. The van der Waals surface area contributed by atoms with Crippen LogP contribution < -0.4 is 5.32 Å². The molecule has 1 aromatic carbocycles. The Morgan fingerprint density at radius 2 is 2.08 bits per heavy atom. The van der Waals surface area contributed by atoms with Crippen molar-refractivity contribution in [1.29, 1.82) is 0 Å². The number of carbonyl (C=O) groups excluding carboxylic acids is 2. The molecule has 0 aromatic heterocycles. The van der Waals surface area contributed by atoms with Gasteiger partial charge < -0.3 is 15.0 Å². The molecule has 1 atom stereocenters. The number of ether oxygens (including phenoxy) is 1. The summed E-state index contributed by atoms with van der Waals surface area (Å²) in [4.78, 5) is 26.1. The van der Waals surface area contributed by atoms with Crippen molar-refractivity contribution < 1.29 is 18.7 Å². The Labute approximate surface area is 160 Å². The first kappa shape index (κ1) is 20.0. The Kier molecular flexibility index (Phi) is 6.32. The van der Waals surface area contributed by atoms with Gasteiger partial charge in [-0.3, -0.25) is 4.79 Å². The molecule has 1 fully saturated rings. The minimum absolute atomic E-state index is 0.111. The molecule has 5 nitrogen and oxygen atoms in total. The second kappa shape index (κ2) is 7.91. The summed E-state index contributed by atoms with van der Waals surface area (Å²) in [6, 6.07) is 2.27. The standard InChI is InChI=1S/C17H21BrClFN2O3/c1-17(2,3)25-16(24)21-10-5-4-6-22(9-10)15(23)11-7-14(20)12(18)8-13(11)19/h7-8,10H,4-6,9H2,1-3H3,(H,21,24)/t10-/m0/s1. The maximum Gasteiger partial charge on any atom is 0.407 e. The van der Waals surface area contributed by atoms with E-state index in [1.54, 1.807) is 25.7 Å². The van der Waals surface area contributed by atoms with Crippen LogP contribution in [0.15, 0.2) is 16.6 Å². The predicted octanol–water partition coefficient (Wildman–Crippen LogP) is 4.37. The van der Waals surface area contributed by atoms with E-state index in [2.05, 4.69) is 21.2 Å². The summed E-state index contributed by atoms with van der Waals surface area (Å²) >= 11 is 9.12. The number of carbonyl (C=O) groups is 2. The maximum atomic E-state index is 13.7. The largest absolute Gasteiger partial charge is 0.444 e. The monoisotopic (exact) mass is 434 g/mol. The van der Waals surface area contributed by atoms with E-state index in [1.807, 2.05) is 0 Å². The molecular weight excluding hydrogens is 415 g/mol. The average molecular weight is 436 g/mol. The van der Waals surface area contributed by atoms with E-state index < -0.39 is 17.5 Å². The lowest BCUT2D eigenvalue weighted by Gasteiger charge is -2.33. The molecule has 1 aromatic rings. The highest BCUT2D eigenvalue weighted by Gasteiger charge is 2.28. The number of halogens is 3. The van der Waals surface area contributed by atoms with E-state index in [0.717, 1.165) is 18.9 Å². The van der Waals surface area contributed by atoms with E-state index in [-0.39, 0.29) is 27.0 Å². The summed E-state index contributed by atoms with van der Waals surface area (Å²) in [5, 5.41) is 2.96. The van der Waals surface area contributed by atoms with Gasteiger partial charge in [0, 0.05) is 19.1 Å². The van der Waals surface area contributed by atoms with Crippen LogP contribution >= 0.6 is 27.5 Å². The Morgan fingerprint density at radius 1 is 1.40 bits per heavy atom. The number of hydrogen-bond donors (Lipinski definition) is 1. The Hall–Kier alpha value is -1.34. The molecule has 0 saturated carbocycles. The van der Waals surface area contributed by atoms with Gasteiger partial charge in [-0.2, -0.15) is 0 Å². The van der Waals surface area contributed by atoms with Crippen LogP contribution in [0.5, 0.6) is 0 Å². The van der Waals surface area contributed by atoms with Crippen molar-refractivity contribution in [2.24, 2.45) is 0 Å². The first-order chi connectivity index (χ1) is 11.6. The van der Waals surface area contributed by atoms with Gasteiger partial charge in [-0.05, 0) is 61.7 Å². The van der Waals surface area contributed by atoms with Gasteiger partial charge in [0.1, 0.15) is 11.4 Å². The third-order valence-electron chi connectivity index (χ3n) is 3.67. The molecule has 8 heteroatoms. The molecule has 25 heavy (non-hydrogen) atoms. The number of hydrogen-bond acceptors (Lipinski definition) is 3. The first-order valence-corrected chi connectivity index (χ1v) is 9.17. The SMILES string of the molecule is CC(C)(C)OC(=O)N[C@H]1CCCN(C(=O)c2cc(F)c(Br)cc2Cl)C1. The first-order valence-electron chi connectivity index (χ1n) is 8.00. The predicted molar refractivity (Wildman–Crippen MR) is 97.4 cm³/mol. The lowest BCUT2D eigenvalue weighted by molar-refractivity contribution is 0.0452. The van der Waals surface area contributed by atoms with Crippen molar-refractivity contribution in [2.45, 2.75) is 45.3 Å². The van der Waals surface area contributed by atoms with Gasteiger partial charge in [-0.15, -0.1) is 0 Å². The summed E-state index contributed by atoms with van der Waals surface area (Å²) in [5.74, 6) is -0.903. The van der Waals surface area contributed by atoms with E-state index in [9.17, 15) is 14.0 Å². The molecule has 1 aliphatic rings. The number of benzene rings is 1. The molecule has 0 unspecified atom stereocenters. The molecule has 0 aliphatic carbocycles. The highest BCUT2D eigenvalue weighted by Crippen LogP contribution is 2.26. The third-order valence-corrected chi connectivity index (χ3v) is 4.59. The molecule has 1 saturated heterocycles. The fourth-order valence-electron chi connectivity index (χ4n) is 2.61. The van der Waals surface area contributed by atoms with Crippen LogP contribution in [-0.4, -0.2) is 41.6 Å². The molecule has 138 valence electrons. The van der Waals surface area contributed by atoms with Gasteiger partial charge >= 0.3 is 6.09 Å². The van der Waals surface area contributed by atoms with Crippen molar-refractivity contribution in [2.75, 3.05) is 13.1 Å². The van der Waals surface area contributed by atoms with Crippen molar-refractivity contribution in [1.82, 2.24) is 10.2 Å². The summed E-state index contributed by atoms with van der Waals surface area (Å²) in [6.07, 6.45) is 0.952. The summed E-state index contributed by atoms with van der Waals surface area (Å²) < 4.78 is 19.2. The topological polar surface area (TPSA) is 58.6 Å². The second-order valence-corrected chi connectivity index (χ2v) is 8.24. The van der Waals surface area contributed by atoms with Gasteiger partial charge in [0.2, 0.25) is 0 Å². The number of nitrogens with zero attached hydrogens (tertiary/aromatic N) is 1. The van der Waals surface area contributed by atoms with E-state index >= 15 is 0 Å². The van der Waals surface area contributed by atoms with Gasteiger partial charge in [0.05, 0.1) is 15.1 Å². The van der Waals surface area contributed by atoms with Crippen LogP contribution in [-0.2, 0) is 4.74 Å². The third kappa shape index (κ3) is 5.57. The zero-order chi connectivity index (χ0) is 18.8. The molecule has 0 bridgehead atoms. The summed E-state index contributed by atoms with van der Waals surface area (Å²) in [5.41, 5.74) is -0.475. The van der Waals surface area contributed by atoms with Crippen molar-refractivity contribution >= 4 is 39.5 Å². The fraction of sp³-hybridized carbons (Fsp3) is 0.529. The summed E-state index contributed by atoms with van der Waals surface area (Å²) in [6.45, 7) is 6.21. The summed E-state index contributed by atoms with van der Waals surface area (Å²) in [7, 11) is 0. The van der Waals surface area contributed by atoms with Crippen molar-refractivity contribution in [3.05, 3.63) is 33.0 Å². The quantitative estimate of drug-likeness (QED) is 0.702. The van der Waals surface area contributed by atoms with Gasteiger partial charge in [0.15, 0.2) is 0 Å². The zero-order valence-corrected chi connectivity index (χ0v) is 16.7. The highest BCUT2D eigenvalue weighted by molar-refractivity contribution is 9.10. The molecule has 1 aliphatic heterocycles. The van der Waals surface area contributed by atoms with Crippen molar-refractivity contribution in [3.8, 4) is 0 Å². The molecular formula is C17H21BrClFN2O3. The van der Waals surface area contributed by atoms with Crippen LogP contribution in [0.1, 0.15) is 44.0 Å². The smallest absolute Gasteiger partial charge is 0.407 e. The van der Waals surface area contributed by atoms with Crippen LogP contribution in [0.4, 0.5) is 9.18 Å². The molecule has 2 rings (SSSR count). The minimum atomic E-state index is -0.587. The average Bonchev–Trinajstić information content (AvgIpc) is 2.48. The molecule has 0 radical (unpaired) electrons. The van der Waals surface area contributed by atoms with Gasteiger partial charge in [-0.1, -0.05) is 11.6 Å². The maximum absolute atomic E-state index is 13.7. The normalized spacial score (nSPS) is 18.0. The van der Waals surface area contributed by atoms with E-state index in [4.69, 9.17) is 16.3 Å². The molecule has 2 amide bonds. The Balaban J connectivity index is 2.04. The number of rotatable bonds is 2. The van der Waals surface area contributed by atoms with Gasteiger partial charge in [0.25, 0.3) is 5.91 Å². The highest BCUT2D eigenvalue weighted by atomic mass is 79.9. The zero-order valence-electron chi connectivity index (χ0n) is 14.4. The molecule has 1 N–H and O–H groups in total. The van der Waals surface area contributed by atoms with Gasteiger partial charge in [-0.25, -0.2) is 9.18 Å². The van der Waals surface area contributed by atoms with Crippen LogP contribution in [0, 0.1) is 5.82 Å². The number of amides is 2. The number of nitrogens with one attached hydrogen (secondary N) is 1. The second-order valence-electron chi connectivity index (χ2n) is 6.98. The van der Waals surface area contributed by atoms with Crippen LogP contribution in [0.3, 0.4) is 0 Å². The van der Waals surface area contributed by atoms with Crippen LogP contribution in [0.2, 0.25) is 5.02 Å². The minimum Gasteiger partial charge on any atom is -0.444 e. The Bertz CT molecular complexity index is 679. The van der Waals surface area contributed by atoms with Crippen LogP contribution in [0.25, 0.3) is 0 Å².